The molecule has 0 aliphatic rings. The van der Waals surface area contributed by atoms with E-state index in [0.717, 1.165) is 16.8 Å². The van der Waals surface area contributed by atoms with E-state index in [-0.39, 0.29) is 11.1 Å². The molecule has 104 valence electrons. The largest absolute Gasteiger partial charge is 0.319 e. The maximum absolute atomic E-state index is 12.1. The van der Waals surface area contributed by atoms with E-state index in [1.54, 1.807) is 6.20 Å². The van der Waals surface area contributed by atoms with Crippen molar-refractivity contribution in [1.82, 2.24) is 19.2 Å². The average Bonchev–Trinajstić information content (AvgIpc) is 2.93. The van der Waals surface area contributed by atoms with Crippen LogP contribution in [0.4, 0.5) is 0 Å². The third-order valence-electron chi connectivity index (χ3n) is 3.32. The van der Waals surface area contributed by atoms with E-state index in [1.807, 2.05) is 40.7 Å². The highest BCUT2D eigenvalue weighted by molar-refractivity contribution is 5.59. The predicted octanol–water partition coefficient (Wildman–Crippen LogP) is 2.55. The Hall–Kier alpha value is -2.30. The van der Waals surface area contributed by atoms with E-state index in [9.17, 15) is 4.79 Å². The van der Waals surface area contributed by atoms with Crippen LogP contribution in [0.3, 0.4) is 0 Å². The Labute approximate surface area is 116 Å². The molecule has 1 N–H and O–H groups in total. The van der Waals surface area contributed by atoms with Gasteiger partial charge in [0, 0.05) is 24.2 Å². The van der Waals surface area contributed by atoms with Crippen molar-refractivity contribution >= 4 is 5.52 Å². The second kappa shape index (κ2) is 4.10. The summed E-state index contributed by atoms with van der Waals surface area (Å²) >= 11 is 0. The molecule has 3 heterocycles. The molecule has 3 rings (SSSR count). The van der Waals surface area contributed by atoms with Gasteiger partial charge in [-0.15, -0.1) is 0 Å². The van der Waals surface area contributed by atoms with Gasteiger partial charge in [0.1, 0.15) is 5.52 Å². The molecule has 0 amide bonds. The van der Waals surface area contributed by atoms with Crippen LogP contribution in [0.5, 0.6) is 0 Å². The summed E-state index contributed by atoms with van der Waals surface area (Å²) in [4.78, 5) is 15.0. The zero-order chi connectivity index (χ0) is 14.5. The molecule has 0 aliphatic carbocycles. The quantitative estimate of drug-likeness (QED) is 0.739. The van der Waals surface area contributed by atoms with Crippen LogP contribution in [-0.2, 0) is 5.54 Å². The molecule has 0 atom stereocenters. The first kappa shape index (κ1) is 12.7. The average molecular weight is 270 g/mol. The van der Waals surface area contributed by atoms with E-state index >= 15 is 0 Å². The lowest BCUT2D eigenvalue weighted by molar-refractivity contribution is 0.355. The fraction of sp³-hybridized carbons (Fsp3) is 0.333. The number of aromatic nitrogens is 4. The molecular formula is C15H18N4O. The van der Waals surface area contributed by atoms with Gasteiger partial charge in [0.05, 0.1) is 17.4 Å². The van der Waals surface area contributed by atoms with Crippen LogP contribution in [-0.4, -0.2) is 19.2 Å². The van der Waals surface area contributed by atoms with Crippen molar-refractivity contribution in [2.24, 2.45) is 0 Å². The van der Waals surface area contributed by atoms with Crippen molar-refractivity contribution in [2.75, 3.05) is 0 Å². The monoisotopic (exact) mass is 270 g/mol. The number of nitrogens with zero attached hydrogens (tertiary/aromatic N) is 3. The van der Waals surface area contributed by atoms with Crippen LogP contribution in [0.15, 0.2) is 35.6 Å². The summed E-state index contributed by atoms with van der Waals surface area (Å²) in [5, 5.41) is 4.36. The molecule has 3 aromatic rings. The Morgan fingerprint density at radius 1 is 1.20 bits per heavy atom. The summed E-state index contributed by atoms with van der Waals surface area (Å²) in [6.07, 6.45) is 7.60. The maximum Gasteiger partial charge on any atom is 0.272 e. The number of hydrogen-bond acceptors (Lipinski definition) is 2. The zero-order valence-corrected chi connectivity index (χ0v) is 12.1. The second-order valence-corrected chi connectivity index (χ2v) is 6.15. The Kier molecular flexibility index (Phi) is 2.61. The van der Waals surface area contributed by atoms with Gasteiger partial charge in [0.2, 0.25) is 0 Å². The maximum atomic E-state index is 12.1. The van der Waals surface area contributed by atoms with Gasteiger partial charge < -0.3 is 9.38 Å². The van der Waals surface area contributed by atoms with Crippen LogP contribution in [0, 0.1) is 6.92 Å². The van der Waals surface area contributed by atoms with Crippen LogP contribution >= 0.6 is 0 Å². The molecule has 0 bridgehead atoms. The number of fused-ring (bicyclic) bond motifs is 1. The molecule has 5 heteroatoms. The summed E-state index contributed by atoms with van der Waals surface area (Å²) in [5.74, 6) is 0. The molecule has 5 nitrogen and oxygen atoms in total. The summed E-state index contributed by atoms with van der Waals surface area (Å²) in [7, 11) is 0. The van der Waals surface area contributed by atoms with Crippen LogP contribution < -0.4 is 5.56 Å². The lowest BCUT2D eigenvalue weighted by atomic mass is 10.1. The number of H-pyrrole nitrogens is 1. The third kappa shape index (κ3) is 2.05. The SMILES string of the molecule is Cc1cc2c(=O)[nH]c(-c3cnn(C(C)(C)C)c3)cn2c1. The van der Waals surface area contributed by atoms with Gasteiger partial charge >= 0.3 is 0 Å². The molecule has 0 unspecified atom stereocenters. The summed E-state index contributed by atoms with van der Waals surface area (Å²) in [6.45, 7) is 8.24. The van der Waals surface area contributed by atoms with Crippen LogP contribution in [0.2, 0.25) is 0 Å². The van der Waals surface area contributed by atoms with Gasteiger partial charge in [0.15, 0.2) is 0 Å². The molecule has 0 saturated carbocycles. The third-order valence-corrected chi connectivity index (χ3v) is 3.32. The molecule has 20 heavy (non-hydrogen) atoms. The first-order chi connectivity index (χ1) is 9.34. The van der Waals surface area contributed by atoms with Crippen LogP contribution in [0.25, 0.3) is 16.8 Å². The lowest BCUT2D eigenvalue weighted by Gasteiger charge is -2.18. The van der Waals surface area contributed by atoms with E-state index in [0.29, 0.717) is 5.52 Å². The normalized spacial score (nSPS) is 12.2. The summed E-state index contributed by atoms with van der Waals surface area (Å²) in [6, 6.07) is 1.88. The smallest absolute Gasteiger partial charge is 0.272 e. The van der Waals surface area contributed by atoms with Gasteiger partial charge in [0.25, 0.3) is 5.56 Å². The van der Waals surface area contributed by atoms with Crippen molar-refractivity contribution in [3.05, 3.63) is 46.8 Å². The lowest BCUT2D eigenvalue weighted by Crippen LogP contribution is -2.21. The first-order valence-electron chi connectivity index (χ1n) is 6.62. The standard InChI is InChI=1S/C15H18N4O/c1-10-5-13-14(20)17-12(9-18(13)7-10)11-6-16-19(8-11)15(2,3)4/h5-9H,1-4H3,(H,17,20). The minimum Gasteiger partial charge on any atom is -0.319 e. The summed E-state index contributed by atoms with van der Waals surface area (Å²) < 4.78 is 3.75. The summed E-state index contributed by atoms with van der Waals surface area (Å²) in [5.41, 5.74) is 3.25. The van der Waals surface area contributed by atoms with Crippen molar-refractivity contribution in [2.45, 2.75) is 33.2 Å². The van der Waals surface area contributed by atoms with E-state index < -0.39 is 0 Å². The van der Waals surface area contributed by atoms with Gasteiger partial charge in [-0.05, 0) is 39.3 Å². The molecule has 0 aliphatic heterocycles. The van der Waals surface area contributed by atoms with Gasteiger partial charge in [-0.25, -0.2) is 0 Å². The molecule has 0 fully saturated rings. The van der Waals surface area contributed by atoms with Gasteiger partial charge in [-0.3, -0.25) is 9.48 Å². The van der Waals surface area contributed by atoms with E-state index in [1.165, 1.54) is 0 Å². The van der Waals surface area contributed by atoms with E-state index in [2.05, 4.69) is 30.9 Å². The number of aromatic amines is 1. The predicted molar refractivity (Wildman–Crippen MR) is 79.0 cm³/mol. The van der Waals surface area contributed by atoms with Crippen molar-refractivity contribution in [1.29, 1.82) is 0 Å². The fourth-order valence-electron chi connectivity index (χ4n) is 2.24. The topological polar surface area (TPSA) is 55.1 Å². The molecule has 0 aromatic carbocycles. The highest BCUT2D eigenvalue weighted by atomic mass is 16.1. The number of hydrogen-bond donors (Lipinski definition) is 1. The number of nitrogens with one attached hydrogen (secondary N) is 1. The highest BCUT2D eigenvalue weighted by Crippen LogP contribution is 2.20. The first-order valence-corrected chi connectivity index (χ1v) is 6.62. The van der Waals surface area contributed by atoms with Crippen molar-refractivity contribution in [3.8, 4) is 11.3 Å². The highest BCUT2D eigenvalue weighted by Gasteiger charge is 2.15. The second-order valence-electron chi connectivity index (χ2n) is 6.15. The molecule has 0 saturated heterocycles. The number of rotatable bonds is 1. The minimum atomic E-state index is -0.0842. The Morgan fingerprint density at radius 2 is 1.95 bits per heavy atom. The van der Waals surface area contributed by atoms with Crippen molar-refractivity contribution in [3.63, 3.8) is 0 Å². The molecule has 0 radical (unpaired) electrons. The van der Waals surface area contributed by atoms with Gasteiger partial charge in [-0.2, -0.15) is 5.10 Å². The van der Waals surface area contributed by atoms with Crippen LogP contribution in [0.1, 0.15) is 26.3 Å². The number of aryl methyl sites for hydroxylation is 1. The molecule has 0 spiro atoms. The van der Waals surface area contributed by atoms with E-state index in [4.69, 9.17) is 0 Å². The molecule has 3 aromatic heterocycles. The Morgan fingerprint density at radius 3 is 2.60 bits per heavy atom. The molecular weight excluding hydrogens is 252 g/mol. The Bertz CT molecular complexity index is 830. The fourth-order valence-corrected chi connectivity index (χ4v) is 2.24. The van der Waals surface area contributed by atoms with Gasteiger partial charge in [-0.1, -0.05) is 0 Å². The zero-order valence-electron chi connectivity index (χ0n) is 12.1. The Balaban J connectivity index is 2.15. The van der Waals surface area contributed by atoms with Crippen molar-refractivity contribution < 1.29 is 0 Å². The minimum absolute atomic E-state index is 0.0767.